The highest BCUT2D eigenvalue weighted by molar-refractivity contribution is 5.91. The quantitative estimate of drug-likeness (QED) is 0.633. The molecule has 180 valence electrons. The molecule has 2 aromatic carbocycles. The first-order valence-corrected chi connectivity index (χ1v) is 12.5. The van der Waals surface area contributed by atoms with E-state index in [1.54, 1.807) is 0 Å². The molecule has 5 nitrogen and oxygen atoms in total. The van der Waals surface area contributed by atoms with E-state index >= 15 is 0 Å². The van der Waals surface area contributed by atoms with Crippen LogP contribution in [0.15, 0.2) is 42.5 Å². The van der Waals surface area contributed by atoms with E-state index in [9.17, 15) is 14.7 Å². The highest BCUT2D eigenvalue weighted by Crippen LogP contribution is 2.65. The molecule has 3 fully saturated rings. The summed E-state index contributed by atoms with van der Waals surface area (Å²) in [5.74, 6) is 0.200. The van der Waals surface area contributed by atoms with Crippen molar-refractivity contribution in [2.75, 3.05) is 13.1 Å². The number of carbonyl (C=O) groups is 2. The molecule has 0 aromatic heterocycles. The van der Waals surface area contributed by atoms with Gasteiger partial charge >= 0.3 is 5.97 Å². The van der Waals surface area contributed by atoms with Gasteiger partial charge < -0.3 is 14.7 Å². The van der Waals surface area contributed by atoms with E-state index in [1.807, 2.05) is 50.8 Å². The highest BCUT2D eigenvalue weighted by Gasteiger charge is 2.57. The zero-order chi connectivity index (χ0) is 24.3. The minimum Gasteiger partial charge on any atom is -0.456 e. The standard InChI is InChI=1S/C29H35NO4/c1-19-17-22(25(31)34-27(2,3)4)9-10-23(19)20-5-7-21(8-6-20)24-18-28(24)13-15-30(16-14-28)26(32)29(33)11-12-29/h5-10,17,24,33H,11-16,18H2,1-4H3. The van der Waals surface area contributed by atoms with Crippen LogP contribution in [-0.2, 0) is 9.53 Å². The molecule has 1 atom stereocenters. The number of ether oxygens (including phenoxy) is 1. The molecule has 5 heteroatoms. The van der Waals surface area contributed by atoms with E-state index in [2.05, 4.69) is 24.3 Å². The normalized spacial score (nSPS) is 22.4. The van der Waals surface area contributed by atoms with Gasteiger partial charge in [-0.2, -0.15) is 0 Å². The monoisotopic (exact) mass is 461 g/mol. The van der Waals surface area contributed by atoms with Crippen LogP contribution in [-0.4, -0.2) is 46.2 Å². The van der Waals surface area contributed by atoms with Gasteiger partial charge in [0.2, 0.25) is 0 Å². The number of amides is 1. The molecule has 3 aliphatic rings. The molecule has 0 radical (unpaired) electrons. The second-order valence-electron chi connectivity index (χ2n) is 11.6. The van der Waals surface area contributed by atoms with E-state index in [4.69, 9.17) is 4.74 Å². The molecule has 2 saturated carbocycles. The van der Waals surface area contributed by atoms with Crippen molar-refractivity contribution in [3.8, 4) is 11.1 Å². The summed E-state index contributed by atoms with van der Waals surface area (Å²) in [4.78, 5) is 26.7. The number of benzene rings is 2. The van der Waals surface area contributed by atoms with Crippen molar-refractivity contribution in [3.05, 3.63) is 59.2 Å². The van der Waals surface area contributed by atoms with Crippen LogP contribution >= 0.6 is 0 Å². The predicted molar refractivity (Wildman–Crippen MR) is 132 cm³/mol. The van der Waals surface area contributed by atoms with E-state index in [0.717, 1.165) is 42.6 Å². The first kappa shape index (κ1) is 23.1. The molecular formula is C29H35NO4. The van der Waals surface area contributed by atoms with E-state index < -0.39 is 11.2 Å². The number of hydrogen-bond acceptors (Lipinski definition) is 4. The molecule has 1 N–H and O–H groups in total. The Morgan fingerprint density at radius 3 is 2.21 bits per heavy atom. The maximum Gasteiger partial charge on any atom is 0.338 e. The van der Waals surface area contributed by atoms with Gasteiger partial charge in [0, 0.05) is 13.1 Å². The SMILES string of the molecule is Cc1cc(C(=O)OC(C)(C)C)ccc1-c1ccc(C2CC23CCN(C(=O)C2(O)CC2)CC3)cc1. The second-order valence-corrected chi connectivity index (χ2v) is 11.6. The van der Waals surface area contributed by atoms with Gasteiger partial charge in [-0.25, -0.2) is 4.79 Å². The summed E-state index contributed by atoms with van der Waals surface area (Å²) in [6.45, 7) is 9.18. The van der Waals surface area contributed by atoms with Crippen molar-refractivity contribution >= 4 is 11.9 Å². The molecule has 1 aliphatic heterocycles. The Labute approximate surface area is 202 Å². The number of aryl methyl sites for hydroxylation is 1. The van der Waals surface area contributed by atoms with Crippen LogP contribution in [0.5, 0.6) is 0 Å². The van der Waals surface area contributed by atoms with Gasteiger partial charge in [0.1, 0.15) is 11.2 Å². The van der Waals surface area contributed by atoms with Crippen LogP contribution in [0.4, 0.5) is 0 Å². The minimum atomic E-state index is -1.05. The predicted octanol–water partition coefficient (Wildman–Crippen LogP) is 5.24. The van der Waals surface area contributed by atoms with E-state index in [0.29, 0.717) is 29.7 Å². The number of likely N-dealkylation sites (tertiary alicyclic amines) is 1. The molecule has 2 aliphatic carbocycles. The Balaban J connectivity index is 1.23. The van der Waals surface area contributed by atoms with Gasteiger partial charge in [-0.3, -0.25) is 4.79 Å². The summed E-state index contributed by atoms with van der Waals surface area (Å²) in [7, 11) is 0. The van der Waals surface area contributed by atoms with Crippen molar-refractivity contribution in [2.45, 2.75) is 76.9 Å². The van der Waals surface area contributed by atoms with Crippen molar-refractivity contribution in [1.29, 1.82) is 0 Å². The number of carbonyl (C=O) groups excluding carboxylic acids is 2. The average molecular weight is 462 g/mol. The Bertz CT molecular complexity index is 1120. The van der Waals surface area contributed by atoms with Crippen LogP contribution in [0.1, 0.15) is 80.3 Å². The zero-order valence-electron chi connectivity index (χ0n) is 20.7. The Hall–Kier alpha value is -2.66. The van der Waals surface area contributed by atoms with Gasteiger partial charge in [-0.15, -0.1) is 0 Å². The van der Waals surface area contributed by atoms with Crippen molar-refractivity contribution < 1.29 is 19.4 Å². The number of esters is 1. The van der Waals surface area contributed by atoms with Crippen LogP contribution in [0.3, 0.4) is 0 Å². The smallest absolute Gasteiger partial charge is 0.338 e. The lowest BCUT2D eigenvalue weighted by Gasteiger charge is -2.34. The molecule has 1 spiro atoms. The maximum atomic E-state index is 12.4. The molecular weight excluding hydrogens is 426 g/mol. The Morgan fingerprint density at radius 1 is 1.00 bits per heavy atom. The van der Waals surface area contributed by atoms with Gasteiger partial charge in [-0.1, -0.05) is 30.3 Å². The topological polar surface area (TPSA) is 66.8 Å². The number of rotatable bonds is 4. The van der Waals surface area contributed by atoms with Gasteiger partial charge in [0.05, 0.1) is 5.56 Å². The molecule has 0 bridgehead atoms. The van der Waals surface area contributed by atoms with E-state index in [1.165, 1.54) is 12.0 Å². The fraction of sp³-hybridized carbons (Fsp3) is 0.517. The molecule has 1 saturated heterocycles. The third kappa shape index (κ3) is 4.38. The van der Waals surface area contributed by atoms with Crippen LogP contribution in [0, 0.1) is 12.3 Å². The average Bonchev–Trinajstić information content (AvgIpc) is 3.70. The third-order valence-electron chi connectivity index (χ3n) is 7.84. The van der Waals surface area contributed by atoms with Gasteiger partial charge in [0.25, 0.3) is 5.91 Å². The van der Waals surface area contributed by atoms with Gasteiger partial charge in [0.15, 0.2) is 0 Å². The molecule has 5 rings (SSSR count). The summed E-state index contributed by atoms with van der Waals surface area (Å²) in [5, 5.41) is 10.1. The fourth-order valence-electron chi connectivity index (χ4n) is 5.50. The maximum absolute atomic E-state index is 12.4. The first-order chi connectivity index (χ1) is 16.0. The summed E-state index contributed by atoms with van der Waals surface area (Å²) in [6, 6.07) is 14.6. The zero-order valence-corrected chi connectivity index (χ0v) is 20.7. The van der Waals surface area contributed by atoms with Crippen molar-refractivity contribution in [3.63, 3.8) is 0 Å². The fourth-order valence-corrected chi connectivity index (χ4v) is 5.50. The van der Waals surface area contributed by atoms with Crippen LogP contribution in [0.25, 0.3) is 11.1 Å². The van der Waals surface area contributed by atoms with E-state index in [-0.39, 0.29) is 11.9 Å². The summed E-state index contributed by atoms with van der Waals surface area (Å²) in [5.41, 5.74) is 4.01. The second kappa shape index (κ2) is 7.94. The molecule has 1 unspecified atom stereocenters. The molecule has 34 heavy (non-hydrogen) atoms. The first-order valence-electron chi connectivity index (χ1n) is 12.5. The Kier molecular flexibility index (Phi) is 5.40. The number of piperidine rings is 1. The number of aliphatic hydroxyl groups is 1. The number of nitrogens with zero attached hydrogens (tertiary/aromatic N) is 1. The number of hydrogen-bond donors (Lipinski definition) is 1. The van der Waals surface area contributed by atoms with Crippen molar-refractivity contribution in [2.24, 2.45) is 5.41 Å². The molecule has 1 heterocycles. The van der Waals surface area contributed by atoms with Gasteiger partial charge in [-0.05, 0) is 106 Å². The minimum absolute atomic E-state index is 0.0584. The molecule has 1 amide bonds. The van der Waals surface area contributed by atoms with Crippen molar-refractivity contribution in [1.82, 2.24) is 4.90 Å². The summed E-state index contributed by atoms with van der Waals surface area (Å²) >= 11 is 0. The third-order valence-corrected chi connectivity index (χ3v) is 7.84. The lowest BCUT2D eigenvalue weighted by Crippen LogP contribution is -2.45. The molecule has 2 aromatic rings. The lowest BCUT2D eigenvalue weighted by atomic mass is 9.88. The summed E-state index contributed by atoms with van der Waals surface area (Å²) < 4.78 is 5.49. The summed E-state index contributed by atoms with van der Waals surface area (Å²) in [6.07, 6.45) is 4.46. The Morgan fingerprint density at radius 2 is 1.65 bits per heavy atom. The lowest BCUT2D eigenvalue weighted by molar-refractivity contribution is -0.144. The van der Waals surface area contributed by atoms with Crippen LogP contribution in [0.2, 0.25) is 0 Å². The highest BCUT2D eigenvalue weighted by atomic mass is 16.6. The van der Waals surface area contributed by atoms with Crippen LogP contribution < -0.4 is 0 Å². The largest absolute Gasteiger partial charge is 0.456 e.